The molecule has 1 unspecified atom stereocenters. The summed E-state index contributed by atoms with van der Waals surface area (Å²) >= 11 is 6.95. The molecule has 0 saturated carbocycles. The normalized spacial score (nSPS) is 25.2. The predicted molar refractivity (Wildman–Crippen MR) is 136 cm³/mol. The topological polar surface area (TPSA) is 68.3 Å². The molecule has 4 aliphatic carbocycles. The molecular weight excluding hydrogens is 705 g/mol. The molecule has 4 nitrogen and oxygen atoms in total. The van der Waals surface area contributed by atoms with Gasteiger partial charge in [0.25, 0.3) is 0 Å². The summed E-state index contributed by atoms with van der Waals surface area (Å²) in [7, 11) is 0. The molecule has 0 aliphatic heterocycles. The first-order valence-electron chi connectivity index (χ1n) is 9.72. The minimum atomic E-state index is -0.601. The number of hydrogen-bond acceptors (Lipinski definition) is 4. The molecule has 1 aromatic rings. The van der Waals surface area contributed by atoms with Gasteiger partial charge in [-0.1, -0.05) is 17.7 Å². The number of allylic oxidation sites excluding steroid dienone is 10. The molecule has 0 radical (unpaired) electrons. The zero-order chi connectivity index (χ0) is 22.9. The minimum absolute atomic E-state index is 0.187. The van der Waals surface area contributed by atoms with Gasteiger partial charge in [0, 0.05) is 46.3 Å². The van der Waals surface area contributed by atoms with Gasteiger partial charge in [0.2, 0.25) is 0 Å². The second-order valence-electron chi connectivity index (χ2n) is 7.93. The number of fused-ring (bicyclic) bond motifs is 2. The van der Waals surface area contributed by atoms with Crippen molar-refractivity contribution in [2.45, 2.75) is 18.8 Å². The fourth-order valence-electron chi connectivity index (χ4n) is 4.92. The maximum absolute atomic E-state index is 14.0. The van der Waals surface area contributed by atoms with E-state index in [1.807, 2.05) is 51.3 Å². The van der Waals surface area contributed by atoms with Crippen LogP contribution in [0.5, 0.6) is 0 Å². The van der Waals surface area contributed by atoms with Crippen molar-refractivity contribution in [2.75, 3.05) is 0 Å². The van der Waals surface area contributed by atoms with Crippen LogP contribution in [-0.4, -0.2) is 23.1 Å². The van der Waals surface area contributed by atoms with E-state index < -0.39 is 17.7 Å². The molecule has 0 N–H and O–H groups in total. The Bertz CT molecular complexity index is 1350. The molecule has 0 amide bonds. The van der Waals surface area contributed by atoms with Gasteiger partial charge in [0.1, 0.15) is 5.82 Å². The Morgan fingerprint density at radius 2 is 1.53 bits per heavy atom. The van der Waals surface area contributed by atoms with E-state index in [1.54, 1.807) is 12.1 Å². The van der Waals surface area contributed by atoms with Gasteiger partial charge in [-0.2, -0.15) is 0 Å². The highest BCUT2D eigenvalue weighted by molar-refractivity contribution is 14.1. The number of rotatable bonds is 1. The quantitative estimate of drug-likeness (QED) is 0.217. The van der Waals surface area contributed by atoms with Crippen LogP contribution in [0, 0.1) is 11.7 Å². The van der Waals surface area contributed by atoms with E-state index in [0.717, 1.165) is 5.57 Å². The maximum atomic E-state index is 14.0. The summed E-state index contributed by atoms with van der Waals surface area (Å²) in [4.78, 5) is 51.9. The Morgan fingerprint density at radius 3 is 2.19 bits per heavy atom. The van der Waals surface area contributed by atoms with Gasteiger partial charge in [-0.25, -0.2) is 4.39 Å². The van der Waals surface area contributed by atoms with E-state index in [4.69, 9.17) is 0 Å². The minimum Gasteiger partial charge on any atom is -0.290 e. The van der Waals surface area contributed by atoms with Gasteiger partial charge in [0.15, 0.2) is 23.1 Å². The fraction of sp³-hybridized carbons (Fsp3) is 0.167. The van der Waals surface area contributed by atoms with Crippen LogP contribution in [0.2, 0.25) is 0 Å². The van der Waals surface area contributed by atoms with Crippen molar-refractivity contribution in [3.8, 4) is 0 Å². The monoisotopic (exact) mass is 716 g/mol. The van der Waals surface area contributed by atoms with E-state index in [9.17, 15) is 23.6 Å². The Hall–Kier alpha value is -1.53. The van der Waals surface area contributed by atoms with Crippen molar-refractivity contribution < 1.29 is 23.6 Å². The Morgan fingerprint density at radius 1 is 0.906 bits per heavy atom. The van der Waals surface area contributed by atoms with Crippen LogP contribution in [0.15, 0.2) is 75.9 Å². The lowest BCUT2D eigenvalue weighted by Crippen LogP contribution is -2.36. The van der Waals surface area contributed by atoms with E-state index in [-0.39, 0.29) is 40.4 Å². The van der Waals surface area contributed by atoms with Crippen molar-refractivity contribution in [1.82, 2.24) is 0 Å². The number of ketones is 4. The Kier molecular flexibility index (Phi) is 5.60. The van der Waals surface area contributed by atoms with E-state index >= 15 is 0 Å². The highest BCUT2D eigenvalue weighted by Crippen LogP contribution is 2.53. The summed E-state index contributed by atoms with van der Waals surface area (Å²) in [5.74, 6) is -2.42. The smallest absolute Gasteiger partial charge is 0.196 e. The lowest BCUT2D eigenvalue weighted by Gasteiger charge is -2.40. The lowest BCUT2D eigenvalue weighted by atomic mass is 9.61. The summed E-state index contributed by atoms with van der Waals surface area (Å²) in [6.07, 6.45) is 5.04. The van der Waals surface area contributed by atoms with Gasteiger partial charge in [-0.3, -0.25) is 19.2 Å². The van der Waals surface area contributed by atoms with Crippen LogP contribution in [-0.2, 0) is 19.2 Å². The summed E-state index contributed by atoms with van der Waals surface area (Å²) in [5.41, 5.74) is 3.07. The number of hydrogen-bond donors (Lipinski definition) is 0. The number of benzene rings is 1. The predicted octanol–water partition coefficient (Wildman–Crippen LogP) is 5.56. The average Bonchev–Trinajstić information content (AvgIpc) is 2.76. The summed E-state index contributed by atoms with van der Waals surface area (Å²) in [6, 6.07) is 4.52. The highest BCUT2D eigenvalue weighted by atomic mass is 127. The van der Waals surface area contributed by atoms with Gasteiger partial charge < -0.3 is 0 Å². The Labute approximate surface area is 218 Å². The molecule has 0 saturated heterocycles. The number of Topliss-reactive ketones (excluding diaryl/α,β-unsaturated/α-hetero) is 2. The molecular formula is C24H12BrFI2O4. The maximum Gasteiger partial charge on any atom is 0.196 e. The molecule has 32 heavy (non-hydrogen) atoms. The number of halogens is 4. The summed E-state index contributed by atoms with van der Waals surface area (Å²) < 4.78 is 14.9. The molecule has 4 aliphatic rings. The van der Waals surface area contributed by atoms with Crippen LogP contribution in [0.4, 0.5) is 4.39 Å². The molecule has 2 atom stereocenters. The van der Waals surface area contributed by atoms with Gasteiger partial charge in [-0.05, 0) is 91.6 Å². The van der Waals surface area contributed by atoms with Crippen LogP contribution in [0.3, 0.4) is 0 Å². The van der Waals surface area contributed by atoms with Crippen molar-refractivity contribution in [2.24, 2.45) is 5.92 Å². The highest BCUT2D eigenvalue weighted by Gasteiger charge is 2.47. The van der Waals surface area contributed by atoms with E-state index in [0.29, 0.717) is 35.0 Å². The fourth-order valence-corrected chi connectivity index (χ4v) is 6.46. The van der Waals surface area contributed by atoms with Crippen LogP contribution in [0.25, 0.3) is 0 Å². The third kappa shape index (κ3) is 3.32. The van der Waals surface area contributed by atoms with Gasteiger partial charge >= 0.3 is 0 Å². The number of carbonyl (C=O) groups excluding carboxylic acids is 4. The second-order valence-corrected chi connectivity index (χ2v) is 11.1. The molecule has 0 aromatic heterocycles. The third-order valence-corrected chi connectivity index (χ3v) is 8.49. The molecule has 0 spiro atoms. The standard InChI is InChI=1S/C24H12BrFI2O4/c25-14-5-9(1-4-15(14)26)20-10-2-3-11-18(29)7-16(27)23(31)21(11)12(10)6-13-19(30)8-17(28)24(32)22(13)20/h1-2,4-5,7-8,12,20H,3,6H2/t12?,20-/m0/s1. The van der Waals surface area contributed by atoms with E-state index in [2.05, 4.69) is 15.9 Å². The van der Waals surface area contributed by atoms with Gasteiger partial charge in [-0.15, -0.1) is 0 Å². The molecule has 0 bridgehead atoms. The first-order chi connectivity index (χ1) is 15.2. The Balaban J connectivity index is 1.75. The largest absolute Gasteiger partial charge is 0.290 e. The third-order valence-electron chi connectivity index (χ3n) is 6.28. The van der Waals surface area contributed by atoms with Crippen LogP contribution in [0.1, 0.15) is 24.3 Å². The SMILES string of the molecule is O=C1C=C(I)C(=O)C2=C1CC=C1C2CC2=C(C(=O)C(I)=CC2=O)[C@H]1c1ccc(F)c(Br)c1. The lowest BCUT2D eigenvalue weighted by molar-refractivity contribution is -0.116. The van der Waals surface area contributed by atoms with Crippen molar-refractivity contribution in [3.05, 3.63) is 87.3 Å². The summed E-state index contributed by atoms with van der Waals surface area (Å²) in [5, 5.41) is 0. The van der Waals surface area contributed by atoms with Crippen LogP contribution < -0.4 is 0 Å². The molecule has 0 fully saturated rings. The molecule has 160 valence electrons. The summed E-state index contributed by atoms with van der Waals surface area (Å²) in [6.45, 7) is 0. The molecule has 0 heterocycles. The zero-order valence-electron chi connectivity index (χ0n) is 16.2. The van der Waals surface area contributed by atoms with Gasteiger partial charge in [0.05, 0.1) is 11.6 Å². The number of carbonyl (C=O) groups is 4. The first kappa shape index (κ1) is 22.3. The average molecular weight is 717 g/mol. The molecule has 5 rings (SSSR count). The van der Waals surface area contributed by atoms with Crippen molar-refractivity contribution >= 4 is 84.2 Å². The van der Waals surface area contributed by atoms with E-state index in [1.165, 1.54) is 18.2 Å². The first-order valence-corrected chi connectivity index (χ1v) is 12.7. The molecule has 8 heteroatoms. The van der Waals surface area contributed by atoms with Crippen LogP contribution >= 0.6 is 61.1 Å². The van der Waals surface area contributed by atoms with Crippen molar-refractivity contribution in [3.63, 3.8) is 0 Å². The second kappa shape index (κ2) is 8.05. The molecule has 1 aromatic carbocycles. The zero-order valence-corrected chi connectivity index (χ0v) is 22.1. The van der Waals surface area contributed by atoms with Crippen molar-refractivity contribution in [1.29, 1.82) is 0 Å².